The Hall–Kier alpha value is -2.08. The lowest BCUT2D eigenvalue weighted by atomic mass is 10.1. The van der Waals surface area contributed by atoms with Crippen LogP contribution in [-0.4, -0.2) is 11.1 Å². The van der Waals surface area contributed by atoms with Crippen LogP contribution in [0.2, 0.25) is 0 Å². The van der Waals surface area contributed by atoms with Crippen molar-refractivity contribution in [2.45, 2.75) is 71.1 Å². The van der Waals surface area contributed by atoms with E-state index >= 15 is 0 Å². The molecule has 1 N–H and O–H groups in total. The van der Waals surface area contributed by atoms with Crippen LogP contribution in [0.4, 0.5) is 0 Å². The molecule has 0 fully saturated rings. The quantitative estimate of drug-likeness (QED) is 0.278. The third kappa shape index (κ3) is 19.9. The lowest BCUT2D eigenvalue weighted by molar-refractivity contribution is -0.137. The van der Waals surface area contributed by atoms with Gasteiger partial charge >= 0.3 is 5.97 Å². The van der Waals surface area contributed by atoms with Crippen molar-refractivity contribution >= 4 is 5.97 Å². The van der Waals surface area contributed by atoms with Gasteiger partial charge in [-0.1, -0.05) is 62.0 Å². The molecule has 0 spiro atoms. The average Bonchev–Trinajstić information content (AvgIpc) is 2.58. The zero-order valence-electron chi connectivity index (χ0n) is 15.6. The molecule has 0 saturated carbocycles. The highest BCUT2D eigenvalue weighted by atomic mass is 16.4. The minimum Gasteiger partial charge on any atom is -0.481 e. The Morgan fingerprint density at radius 3 is 2.28 bits per heavy atom. The molecule has 0 aromatic rings. The number of rotatable bonds is 15. The number of nitrogens with zero attached hydrogens (tertiary/aromatic N) is 1. The fourth-order valence-corrected chi connectivity index (χ4v) is 2.25. The monoisotopic (exact) mass is 343 g/mol. The van der Waals surface area contributed by atoms with E-state index in [9.17, 15) is 4.79 Å². The number of nitriles is 1. The highest BCUT2D eigenvalue weighted by Gasteiger charge is 1.92. The van der Waals surface area contributed by atoms with Crippen LogP contribution in [0.3, 0.4) is 0 Å². The maximum atomic E-state index is 10.3. The SMILES string of the molecule is CC(/C=C\C/C=C\C/C=C\CCCC(=O)O)/C=C\CCCCCC#N. The Labute approximate surface area is 153 Å². The lowest BCUT2D eigenvalue weighted by Gasteiger charge is -1.98. The van der Waals surface area contributed by atoms with E-state index in [1.54, 1.807) is 0 Å². The summed E-state index contributed by atoms with van der Waals surface area (Å²) in [6.45, 7) is 2.19. The Morgan fingerprint density at radius 2 is 1.56 bits per heavy atom. The van der Waals surface area contributed by atoms with Crippen LogP contribution in [0.1, 0.15) is 71.1 Å². The summed E-state index contributed by atoms with van der Waals surface area (Å²) in [4.78, 5) is 10.3. The van der Waals surface area contributed by atoms with Gasteiger partial charge in [-0.3, -0.25) is 4.79 Å². The second kappa shape index (κ2) is 18.3. The average molecular weight is 344 g/mol. The van der Waals surface area contributed by atoms with Gasteiger partial charge in [-0.15, -0.1) is 0 Å². The summed E-state index contributed by atoms with van der Waals surface area (Å²) in [6.07, 6.45) is 26.1. The number of aliphatic carboxylic acids is 1. The molecule has 138 valence electrons. The normalized spacial score (nSPS) is 13.3. The summed E-state index contributed by atoms with van der Waals surface area (Å²) >= 11 is 0. The first-order valence-electron chi connectivity index (χ1n) is 9.39. The molecule has 0 saturated heterocycles. The molecule has 0 aromatic heterocycles. The molecule has 0 radical (unpaired) electrons. The summed E-state index contributed by atoms with van der Waals surface area (Å²) in [5, 5.41) is 17.0. The van der Waals surface area contributed by atoms with Gasteiger partial charge < -0.3 is 5.11 Å². The third-order valence-electron chi connectivity index (χ3n) is 3.68. The van der Waals surface area contributed by atoms with Gasteiger partial charge in [0.25, 0.3) is 0 Å². The molecule has 1 atom stereocenters. The maximum absolute atomic E-state index is 10.3. The molecule has 0 aliphatic heterocycles. The number of carboxylic acids is 1. The predicted octanol–water partition coefficient (Wildman–Crippen LogP) is 6.36. The molecule has 0 aromatic carbocycles. The van der Waals surface area contributed by atoms with Gasteiger partial charge in [0.05, 0.1) is 6.07 Å². The van der Waals surface area contributed by atoms with Crippen molar-refractivity contribution in [2.75, 3.05) is 0 Å². The molecule has 0 aliphatic carbocycles. The zero-order valence-corrected chi connectivity index (χ0v) is 15.6. The van der Waals surface area contributed by atoms with E-state index in [0.717, 1.165) is 38.5 Å². The van der Waals surface area contributed by atoms with E-state index in [0.29, 0.717) is 18.8 Å². The number of carbonyl (C=O) groups is 1. The van der Waals surface area contributed by atoms with Gasteiger partial charge in [-0.2, -0.15) is 5.26 Å². The van der Waals surface area contributed by atoms with Crippen LogP contribution in [0.25, 0.3) is 0 Å². The molecule has 0 heterocycles. The largest absolute Gasteiger partial charge is 0.481 e. The van der Waals surface area contributed by atoms with Crippen molar-refractivity contribution in [1.82, 2.24) is 0 Å². The van der Waals surface area contributed by atoms with E-state index in [4.69, 9.17) is 10.4 Å². The van der Waals surface area contributed by atoms with Gasteiger partial charge in [-0.25, -0.2) is 0 Å². The molecular weight excluding hydrogens is 310 g/mol. The third-order valence-corrected chi connectivity index (χ3v) is 3.68. The summed E-state index contributed by atoms with van der Waals surface area (Å²) in [5.41, 5.74) is 0. The van der Waals surface area contributed by atoms with Crippen LogP contribution in [0.5, 0.6) is 0 Å². The molecule has 0 amide bonds. The Morgan fingerprint density at radius 1 is 0.920 bits per heavy atom. The molecule has 0 rings (SSSR count). The van der Waals surface area contributed by atoms with Crippen molar-refractivity contribution in [3.63, 3.8) is 0 Å². The minimum atomic E-state index is -0.722. The van der Waals surface area contributed by atoms with Crippen molar-refractivity contribution in [3.8, 4) is 6.07 Å². The number of hydrogen-bond acceptors (Lipinski definition) is 2. The van der Waals surface area contributed by atoms with Gasteiger partial charge in [0.1, 0.15) is 0 Å². The smallest absolute Gasteiger partial charge is 0.303 e. The number of allylic oxidation sites excluding steroid dienone is 8. The van der Waals surface area contributed by atoms with E-state index in [-0.39, 0.29) is 6.42 Å². The van der Waals surface area contributed by atoms with Crippen molar-refractivity contribution in [1.29, 1.82) is 5.26 Å². The van der Waals surface area contributed by atoms with E-state index in [1.807, 2.05) is 0 Å². The second-order valence-corrected chi connectivity index (χ2v) is 6.17. The van der Waals surface area contributed by atoms with Gasteiger partial charge in [-0.05, 0) is 50.9 Å². The fourth-order valence-electron chi connectivity index (χ4n) is 2.25. The Kier molecular flexibility index (Phi) is 16.7. The molecule has 0 bridgehead atoms. The molecule has 25 heavy (non-hydrogen) atoms. The highest BCUT2D eigenvalue weighted by Crippen LogP contribution is 2.06. The maximum Gasteiger partial charge on any atom is 0.303 e. The summed E-state index contributed by atoms with van der Waals surface area (Å²) < 4.78 is 0. The van der Waals surface area contributed by atoms with Crippen molar-refractivity contribution in [3.05, 3.63) is 48.6 Å². The van der Waals surface area contributed by atoms with Crippen LogP contribution >= 0.6 is 0 Å². The fraction of sp³-hybridized carbons (Fsp3) is 0.545. The van der Waals surface area contributed by atoms with Crippen LogP contribution in [0.15, 0.2) is 48.6 Å². The lowest BCUT2D eigenvalue weighted by Crippen LogP contribution is -1.92. The van der Waals surface area contributed by atoms with E-state index in [2.05, 4.69) is 61.6 Å². The summed E-state index contributed by atoms with van der Waals surface area (Å²) in [6, 6.07) is 2.18. The molecule has 1 unspecified atom stereocenters. The second-order valence-electron chi connectivity index (χ2n) is 6.17. The standard InChI is InChI=1S/C22H33NO2/c1-21(18-14-10-7-8-12-16-20-23)17-13-9-5-3-2-4-6-11-15-19-22(24)25/h3-6,13-14,17-18,21H,2,7-12,15-16,19H2,1H3,(H,24,25)/b5-3-,6-4-,17-13-,18-14-. The topological polar surface area (TPSA) is 61.1 Å². The predicted molar refractivity (Wildman–Crippen MR) is 105 cm³/mol. The Balaban J connectivity index is 3.60. The van der Waals surface area contributed by atoms with Crippen LogP contribution in [-0.2, 0) is 4.79 Å². The molecular formula is C22H33NO2. The first-order chi connectivity index (χ1) is 12.2. The van der Waals surface area contributed by atoms with Gasteiger partial charge in [0, 0.05) is 12.8 Å². The van der Waals surface area contributed by atoms with Crippen LogP contribution < -0.4 is 0 Å². The molecule has 3 heteroatoms. The summed E-state index contributed by atoms with van der Waals surface area (Å²) in [7, 11) is 0. The molecule has 3 nitrogen and oxygen atoms in total. The summed E-state index contributed by atoms with van der Waals surface area (Å²) in [5.74, 6) is -0.263. The van der Waals surface area contributed by atoms with Crippen molar-refractivity contribution in [2.24, 2.45) is 5.92 Å². The number of unbranched alkanes of at least 4 members (excludes halogenated alkanes) is 5. The minimum absolute atomic E-state index is 0.249. The van der Waals surface area contributed by atoms with Crippen LogP contribution in [0, 0.1) is 17.2 Å². The van der Waals surface area contributed by atoms with Gasteiger partial charge in [0.2, 0.25) is 0 Å². The highest BCUT2D eigenvalue weighted by molar-refractivity contribution is 5.66. The molecule has 0 aliphatic rings. The first kappa shape index (κ1) is 22.9. The number of carboxylic acid groups (broad SMARTS) is 1. The Bertz CT molecular complexity index is 481. The first-order valence-corrected chi connectivity index (χ1v) is 9.39. The zero-order chi connectivity index (χ0) is 18.6. The van der Waals surface area contributed by atoms with Crippen molar-refractivity contribution < 1.29 is 9.90 Å². The van der Waals surface area contributed by atoms with E-state index in [1.165, 1.54) is 6.42 Å². The van der Waals surface area contributed by atoms with E-state index < -0.39 is 5.97 Å². The number of hydrogen-bond donors (Lipinski definition) is 1. The van der Waals surface area contributed by atoms with Gasteiger partial charge in [0.15, 0.2) is 0 Å².